The second-order valence-corrected chi connectivity index (χ2v) is 7.78. The SMILES string of the molecule is C=CCn1c(SCC(=O)N[C@H](C)c2ccccc2)nnc1-c1cc2ccccc2o1. The summed E-state index contributed by atoms with van der Waals surface area (Å²) in [6.45, 7) is 6.31. The summed E-state index contributed by atoms with van der Waals surface area (Å²) in [5.74, 6) is 1.44. The maximum atomic E-state index is 12.4. The molecule has 0 bridgehead atoms. The van der Waals surface area contributed by atoms with Gasteiger partial charge in [0, 0.05) is 11.9 Å². The number of benzene rings is 2. The van der Waals surface area contributed by atoms with Gasteiger partial charge in [-0.3, -0.25) is 9.36 Å². The molecule has 2 heterocycles. The highest BCUT2D eigenvalue weighted by atomic mass is 32.2. The number of para-hydroxylation sites is 1. The molecule has 7 heteroatoms. The molecule has 1 amide bonds. The lowest BCUT2D eigenvalue weighted by Crippen LogP contribution is -2.28. The molecule has 0 spiro atoms. The van der Waals surface area contributed by atoms with Crippen LogP contribution in [0, 0.1) is 0 Å². The zero-order valence-electron chi connectivity index (χ0n) is 16.6. The van der Waals surface area contributed by atoms with Gasteiger partial charge in [0.15, 0.2) is 10.9 Å². The van der Waals surface area contributed by atoms with E-state index >= 15 is 0 Å². The Morgan fingerprint density at radius 1 is 1.20 bits per heavy atom. The van der Waals surface area contributed by atoms with Gasteiger partial charge in [0.2, 0.25) is 11.7 Å². The van der Waals surface area contributed by atoms with Crippen molar-refractivity contribution >= 4 is 28.6 Å². The topological polar surface area (TPSA) is 73.0 Å². The van der Waals surface area contributed by atoms with Gasteiger partial charge in [0.05, 0.1) is 11.8 Å². The predicted molar refractivity (Wildman–Crippen MR) is 119 cm³/mol. The largest absolute Gasteiger partial charge is 0.453 e. The number of furan rings is 1. The molecular formula is C23H22N4O2S. The Morgan fingerprint density at radius 3 is 2.73 bits per heavy atom. The van der Waals surface area contributed by atoms with Gasteiger partial charge in [-0.05, 0) is 24.6 Å². The molecule has 0 fully saturated rings. The molecular weight excluding hydrogens is 396 g/mol. The Hall–Kier alpha value is -3.32. The summed E-state index contributed by atoms with van der Waals surface area (Å²) in [5, 5.41) is 13.3. The number of amides is 1. The molecule has 2 aromatic carbocycles. The predicted octanol–water partition coefficient (Wildman–Crippen LogP) is 4.85. The summed E-state index contributed by atoms with van der Waals surface area (Å²) in [7, 11) is 0. The third-order valence-electron chi connectivity index (χ3n) is 4.68. The van der Waals surface area contributed by atoms with Crippen LogP contribution in [0.5, 0.6) is 0 Å². The highest BCUT2D eigenvalue weighted by molar-refractivity contribution is 7.99. The third kappa shape index (κ3) is 4.31. The normalized spacial score (nSPS) is 12.0. The van der Waals surface area contributed by atoms with Gasteiger partial charge in [-0.1, -0.05) is 66.4 Å². The number of nitrogens with zero attached hydrogens (tertiary/aromatic N) is 3. The molecule has 0 radical (unpaired) electrons. The van der Waals surface area contributed by atoms with Crippen LogP contribution in [0.4, 0.5) is 0 Å². The Labute approximate surface area is 179 Å². The minimum absolute atomic E-state index is 0.0588. The maximum absolute atomic E-state index is 12.4. The van der Waals surface area contributed by atoms with Crippen molar-refractivity contribution in [2.24, 2.45) is 0 Å². The molecule has 2 aromatic heterocycles. The van der Waals surface area contributed by atoms with Crippen LogP contribution < -0.4 is 5.32 Å². The Kier molecular flexibility index (Phi) is 5.99. The molecule has 30 heavy (non-hydrogen) atoms. The summed E-state index contributed by atoms with van der Waals surface area (Å²) < 4.78 is 7.84. The van der Waals surface area contributed by atoms with Crippen LogP contribution in [0.1, 0.15) is 18.5 Å². The molecule has 0 aliphatic heterocycles. The molecule has 0 aliphatic rings. The number of fused-ring (bicyclic) bond motifs is 1. The van der Waals surface area contributed by atoms with Crippen molar-refractivity contribution in [1.29, 1.82) is 0 Å². The van der Waals surface area contributed by atoms with Crippen molar-refractivity contribution < 1.29 is 9.21 Å². The maximum Gasteiger partial charge on any atom is 0.230 e. The van der Waals surface area contributed by atoms with Crippen LogP contribution in [0.3, 0.4) is 0 Å². The fourth-order valence-electron chi connectivity index (χ4n) is 3.20. The van der Waals surface area contributed by atoms with Gasteiger partial charge in [0.1, 0.15) is 5.58 Å². The number of carbonyl (C=O) groups excluding carboxylic acids is 1. The Balaban J connectivity index is 1.48. The van der Waals surface area contributed by atoms with Crippen LogP contribution in [-0.4, -0.2) is 26.4 Å². The summed E-state index contributed by atoms with van der Waals surface area (Å²) in [5.41, 5.74) is 1.86. The van der Waals surface area contributed by atoms with Gasteiger partial charge in [-0.2, -0.15) is 0 Å². The van der Waals surface area contributed by atoms with Crippen LogP contribution in [-0.2, 0) is 11.3 Å². The molecule has 1 atom stereocenters. The Morgan fingerprint density at radius 2 is 1.97 bits per heavy atom. The van der Waals surface area contributed by atoms with Crippen molar-refractivity contribution in [3.8, 4) is 11.6 Å². The third-order valence-corrected chi connectivity index (χ3v) is 5.65. The first-order valence-corrected chi connectivity index (χ1v) is 10.6. The summed E-state index contributed by atoms with van der Waals surface area (Å²) in [4.78, 5) is 12.4. The molecule has 1 N–H and O–H groups in total. The van der Waals surface area contributed by atoms with Gasteiger partial charge in [-0.25, -0.2) is 0 Å². The van der Waals surface area contributed by atoms with Gasteiger partial charge < -0.3 is 9.73 Å². The molecule has 6 nitrogen and oxygen atoms in total. The van der Waals surface area contributed by atoms with E-state index in [1.54, 1.807) is 6.08 Å². The zero-order chi connectivity index (χ0) is 20.9. The highest BCUT2D eigenvalue weighted by Gasteiger charge is 2.18. The van der Waals surface area contributed by atoms with Crippen molar-refractivity contribution in [1.82, 2.24) is 20.1 Å². The second kappa shape index (κ2) is 9.00. The smallest absolute Gasteiger partial charge is 0.230 e. The van der Waals surface area contributed by atoms with E-state index < -0.39 is 0 Å². The minimum Gasteiger partial charge on any atom is -0.453 e. The molecule has 0 saturated heterocycles. The zero-order valence-corrected chi connectivity index (χ0v) is 17.4. The van der Waals surface area contributed by atoms with E-state index in [1.807, 2.05) is 72.2 Å². The summed E-state index contributed by atoms with van der Waals surface area (Å²) in [6.07, 6.45) is 1.77. The minimum atomic E-state index is -0.0604. The van der Waals surface area contributed by atoms with Crippen LogP contribution in [0.25, 0.3) is 22.6 Å². The standard InChI is InChI=1S/C23H22N4O2S/c1-3-13-27-22(20-14-18-11-7-8-12-19(18)29-20)25-26-23(27)30-15-21(28)24-16(2)17-9-5-4-6-10-17/h3-12,14,16H,1,13,15H2,2H3,(H,24,28)/t16-/m1/s1. The van der Waals surface area contributed by atoms with Crippen LogP contribution in [0.2, 0.25) is 0 Å². The summed E-state index contributed by atoms with van der Waals surface area (Å²) in [6, 6.07) is 19.6. The molecule has 4 rings (SSSR count). The fourth-order valence-corrected chi connectivity index (χ4v) is 3.96. The lowest BCUT2D eigenvalue weighted by atomic mass is 10.1. The van der Waals surface area contributed by atoms with Gasteiger partial charge in [-0.15, -0.1) is 16.8 Å². The first kappa shape index (κ1) is 20.0. The van der Waals surface area contributed by atoms with Gasteiger partial charge >= 0.3 is 0 Å². The fraction of sp³-hybridized carbons (Fsp3) is 0.174. The van der Waals surface area contributed by atoms with E-state index in [0.29, 0.717) is 23.3 Å². The molecule has 4 aromatic rings. The van der Waals surface area contributed by atoms with E-state index in [0.717, 1.165) is 16.5 Å². The van der Waals surface area contributed by atoms with Gasteiger partial charge in [0.25, 0.3) is 0 Å². The lowest BCUT2D eigenvalue weighted by molar-refractivity contribution is -0.119. The molecule has 0 aliphatic carbocycles. The average Bonchev–Trinajstić information content (AvgIpc) is 3.37. The van der Waals surface area contributed by atoms with E-state index in [1.165, 1.54) is 11.8 Å². The van der Waals surface area contributed by atoms with Crippen LogP contribution in [0.15, 0.2) is 82.9 Å². The number of nitrogens with one attached hydrogen (secondary N) is 1. The number of hydrogen-bond donors (Lipinski definition) is 1. The Bertz CT molecular complexity index is 1130. The number of rotatable bonds is 8. The number of thioether (sulfide) groups is 1. The summed E-state index contributed by atoms with van der Waals surface area (Å²) >= 11 is 1.34. The number of allylic oxidation sites excluding steroid dienone is 1. The second-order valence-electron chi connectivity index (χ2n) is 6.84. The average molecular weight is 419 g/mol. The van der Waals surface area contributed by atoms with Crippen molar-refractivity contribution in [3.05, 3.63) is 78.9 Å². The van der Waals surface area contributed by atoms with Crippen molar-refractivity contribution in [2.45, 2.75) is 24.7 Å². The number of carbonyl (C=O) groups is 1. The molecule has 152 valence electrons. The highest BCUT2D eigenvalue weighted by Crippen LogP contribution is 2.29. The van der Waals surface area contributed by atoms with E-state index in [-0.39, 0.29) is 17.7 Å². The molecule has 0 unspecified atom stereocenters. The van der Waals surface area contributed by atoms with E-state index in [4.69, 9.17) is 4.42 Å². The van der Waals surface area contributed by atoms with E-state index in [9.17, 15) is 4.79 Å². The number of aromatic nitrogens is 3. The first-order chi connectivity index (χ1) is 14.7. The number of hydrogen-bond acceptors (Lipinski definition) is 5. The lowest BCUT2D eigenvalue weighted by Gasteiger charge is -2.14. The molecule has 0 saturated carbocycles. The first-order valence-electron chi connectivity index (χ1n) is 9.66. The van der Waals surface area contributed by atoms with Crippen LogP contribution >= 0.6 is 11.8 Å². The quantitative estimate of drug-likeness (QED) is 0.327. The van der Waals surface area contributed by atoms with Crippen molar-refractivity contribution in [2.75, 3.05) is 5.75 Å². The van der Waals surface area contributed by atoms with E-state index in [2.05, 4.69) is 22.1 Å². The monoisotopic (exact) mass is 418 g/mol. The van der Waals surface area contributed by atoms with Crippen molar-refractivity contribution in [3.63, 3.8) is 0 Å².